The number of thioether (sulfide) groups is 1. The highest BCUT2D eigenvalue weighted by atomic mass is 32.2. The van der Waals surface area contributed by atoms with Gasteiger partial charge in [0.2, 0.25) is 0 Å². The molecule has 1 atom stereocenters. The fraction of sp³-hybridized carbons (Fsp3) is 0.400. The number of aliphatic imine (C=N–C) groups is 1. The largest absolute Gasteiger partial charge is 0.382 e. The second-order valence-corrected chi connectivity index (χ2v) is 5.80. The molecule has 0 aliphatic carbocycles. The van der Waals surface area contributed by atoms with Gasteiger partial charge in [0.25, 0.3) is 0 Å². The fourth-order valence-electron chi connectivity index (χ4n) is 1.88. The molecule has 0 spiro atoms. The third kappa shape index (κ3) is 3.77. The van der Waals surface area contributed by atoms with Crippen LogP contribution in [0.1, 0.15) is 23.6 Å². The van der Waals surface area contributed by atoms with Crippen LogP contribution < -0.4 is 10.9 Å². The van der Waals surface area contributed by atoms with E-state index < -0.39 is 0 Å². The average Bonchev–Trinajstić information content (AvgIpc) is 2.43. The van der Waals surface area contributed by atoms with Crippen molar-refractivity contribution in [3.05, 3.63) is 40.3 Å². The van der Waals surface area contributed by atoms with Gasteiger partial charge in [-0.05, 0) is 38.0 Å². The molecule has 1 aromatic rings. The molecule has 0 radical (unpaired) electrons. The minimum Gasteiger partial charge on any atom is -0.382 e. The Bertz CT molecular complexity index is 540. The van der Waals surface area contributed by atoms with Crippen molar-refractivity contribution in [2.24, 2.45) is 4.99 Å². The Labute approximate surface area is 124 Å². The van der Waals surface area contributed by atoms with Gasteiger partial charge in [-0.2, -0.15) is 0 Å². The third-order valence-electron chi connectivity index (χ3n) is 3.16. The Hall–Kier alpha value is -1.46. The van der Waals surface area contributed by atoms with Gasteiger partial charge >= 0.3 is 0 Å². The van der Waals surface area contributed by atoms with E-state index >= 15 is 0 Å². The number of hydrogen-bond donors (Lipinski definition) is 2. The van der Waals surface area contributed by atoms with Gasteiger partial charge in [0.15, 0.2) is 5.17 Å². The van der Waals surface area contributed by atoms with E-state index in [1.807, 2.05) is 6.92 Å². The molecule has 1 aliphatic heterocycles. The molecule has 0 aromatic heterocycles. The first-order valence-electron chi connectivity index (χ1n) is 6.63. The van der Waals surface area contributed by atoms with Crippen molar-refractivity contribution in [2.75, 3.05) is 13.7 Å². The molecule has 2 rings (SSSR count). The highest BCUT2D eigenvalue weighted by Crippen LogP contribution is 2.22. The molecule has 0 amide bonds. The van der Waals surface area contributed by atoms with Crippen LogP contribution in [-0.2, 0) is 4.74 Å². The van der Waals surface area contributed by atoms with E-state index in [2.05, 4.69) is 53.3 Å². The predicted molar refractivity (Wildman–Crippen MR) is 86.5 cm³/mol. The van der Waals surface area contributed by atoms with Gasteiger partial charge in [-0.1, -0.05) is 23.9 Å². The number of hydrogen-bond acceptors (Lipinski definition) is 4. The lowest BCUT2D eigenvalue weighted by Gasteiger charge is -2.20. The number of benzene rings is 1. The Morgan fingerprint density at radius 3 is 2.65 bits per heavy atom. The zero-order valence-corrected chi connectivity index (χ0v) is 13.2. The summed E-state index contributed by atoms with van der Waals surface area (Å²) in [5.74, 6) is 0. The van der Waals surface area contributed by atoms with Crippen LogP contribution in [0, 0.1) is 13.8 Å². The number of ether oxygens (including phenoxy) is 1. The Morgan fingerprint density at radius 1 is 1.25 bits per heavy atom. The highest BCUT2D eigenvalue weighted by molar-refractivity contribution is 8.16. The smallest absolute Gasteiger partial charge is 0.180 e. The molecule has 4 nitrogen and oxygen atoms in total. The van der Waals surface area contributed by atoms with Crippen LogP contribution in [0.3, 0.4) is 0 Å². The Kier molecular flexibility index (Phi) is 5.09. The minimum absolute atomic E-state index is 0.147. The maximum Gasteiger partial charge on any atom is 0.180 e. The summed E-state index contributed by atoms with van der Waals surface area (Å²) in [5.41, 5.74) is 11.2. The number of nitrogens with zero attached hydrogens (tertiary/aromatic N) is 1. The zero-order valence-electron chi connectivity index (χ0n) is 12.4. The van der Waals surface area contributed by atoms with E-state index in [1.165, 1.54) is 16.7 Å². The lowest BCUT2D eigenvalue weighted by Crippen LogP contribution is -2.37. The monoisotopic (exact) mass is 291 g/mol. The summed E-state index contributed by atoms with van der Waals surface area (Å²) in [4.78, 5) is 4.52. The predicted octanol–water partition coefficient (Wildman–Crippen LogP) is 2.83. The van der Waals surface area contributed by atoms with Crippen molar-refractivity contribution in [1.29, 1.82) is 0 Å². The lowest BCUT2D eigenvalue weighted by atomic mass is 10.1. The minimum atomic E-state index is 0.147. The molecular weight excluding hydrogens is 270 g/mol. The van der Waals surface area contributed by atoms with Crippen molar-refractivity contribution in [3.8, 4) is 0 Å². The van der Waals surface area contributed by atoms with E-state index in [9.17, 15) is 0 Å². The molecule has 0 unspecified atom stereocenters. The molecule has 1 heterocycles. The van der Waals surface area contributed by atoms with Crippen molar-refractivity contribution in [3.63, 3.8) is 0 Å². The normalized spacial score (nSPS) is 18.2. The summed E-state index contributed by atoms with van der Waals surface area (Å²) in [6.45, 7) is 6.90. The fourth-order valence-corrected chi connectivity index (χ4v) is 2.66. The molecule has 5 heteroatoms. The van der Waals surface area contributed by atoms with Gasteiger partial charge in [-0.3, -0.25) is 15.8 Å². The van der Waals surface area contributed by atoms with Crippen LogP contribution in [0.15, 0.2) is 28.6 Å². The standard InChI is InChI=1S/C15H21N3OS/c1-10-5-6-13(7-11(10)2)14-9-20-15(18-17-14)16-12(3)8-19-4/h5-7,9,12,17H,8H2,1-4H3,(H,16,18)/t12-/m1/s1. The first kappa shape index (κ1) is 14.9. The summed E-state index contributed by atoms with van der Waals surface area (Å²) < 4.78 is 5.08. The van der Waals surface area contributed by atoms with Crippen LogP contribution >= 0.6 is 11.8 Å². The van der Waals surface area contributed by atoms with Crippen LogP contribution in [-0.4, -0.2) is 24.9 Å². The van der Waals surface area contributed by atoms with Gasteiger partial charge in [-0.25, -0.2) is 0 Å². The molecule has 20 heavy (non-hydrogen) atoms. The number of methoxy groups -OCH3 is 1. The second-order valence-electron chi connectivity index (χ2n) is 4.94. The zero-order chi connectivity index (χ0) is 14.5. The number of nitrogens with one attached hydrogen (secondary N) is 2. The van der Waals surface area contributed by atoms with Crippen molar-refractivity contribution in [1.82, 2.24) is 10.9 Å². The summed E-state index contributed by atoms with van der Waals surface area (Å²) >= 11 is 1.59. The van der Waals surface area contributed by atoms with E-state index in [-0.39, 0.29) is 6.04 Å². The first-order valence-corrected chi connectivity index (χ1v) is 7.51. The second kappa shape index (κ2) is 6.81. The Balaban J connectivity index is 2.07. The average molecular weight is 291 g/mol. The molecule has 1 aliphatic rings. The van der Waals surface area contributed by atoms with E-state index in [0.29, 0.717) is 6.61 Å². The maximum absolute atomic E-state index is 5.08. The summed E-state index contributed by atoms with van der Waals surface area (Å²) in [6, 6.07) is 6.60. The molecule has 0 fully saturated rings. The molecule has 2 N–H and O–H groups in total. The van der Waals surface area contributed by atoms with Crippen LogP contribution in [0.2, 0.25) is 0 Å². The van der Waals surface area contributed by atoms with E-state index in [0.717, 1.165) is 10.9 Å². The topological polar surface area (TPSA) is 45.6 Å². The quantitative estimate of drug-likeness (QED) is 0.895. The van der Waals surface area contributed by atoms with E-state index in [1.54, 1.807) is 18.9 Å². The van der Waals surface area contributed by atoms with Crippen molar-refractivity contribution < 1.29 is 4.74 Å². The third-order valence-corrected chi connectivity index (χ3v) is 3.94. The first-order chi connectivity index (χ1) is 9.60. The molecule has 108 valence electrons. The maximum atomic E-state index is 5.08. The lowest BCUT2D eigenvalue weighted by molar-refractivity contribution is 0.186. The Morgan fingerprint density at radius 2 is 2.05 bits per heavy atom. The number of hydrazine groups is 1. The molecule has 0 saturated carbocycles. The van der Waals surface area contributed by atoms with Crippen molar-refractivity contribution >= 4 is 22.6 Å². The van der Waals surface area contributed by atoms with Crippen LogP contribution in [0.4, 0.5) is 0 Å². The van der Waals surface area contributed by atoms with Gasteiger partial charge in [0.05, 0.1) is 18.3 Å². The van der Waals surface area contributed by atoms with Crippen LogP contribution in [0.25, 0.3) is 5.70 Å². The number of rotatable bonds is 4. The SMILES string of the molecule is COC[C@@H](C)N=C1NNC(c2ccc(C)c(C)c2)=CS1. The number of aryl methyl sites for hydroxylation is 2. The van der Waals surface area contributed by atoms with E-state index in [4.69, 9.17) is 4.74 Å². The highest BCUT2D eigenvalue weighted by Gasteiger charge is 2.11. The molecule has 0 saturated heterocycles. The van der Waals surface area contributed by atoms with Gasteiger partial charge in [0, 0.05) is 18.1 Å². The number of amidine groups is 1. The van der Waals surface area contributed by atoms with Crippen molar-refractivity contribution in [2.45, 2.75) is 26.8 Å². The molecule has 0 bridgehead atoms. The molecular formula is C15H21N3OS. The van der Waals surface area contributed by atoms with Gasteiger partial charge < -0.3 is 4.74 Å². The van der Waals surface area contributed by atoms with Crippen LogP contribution in [0.5, 0.6) is 0 Å². The van der Waals surface area contributed by atoms with Gasteiger partial charge in [-0.15, -0.1) is 0 Å². The summed E-state index contributed by atoms with van der Waals surface area (Å²) in [6.07, 6.45) is 0. The van der Waals surface area contributed by atoms with Gasteiger partial charge in [0.1, 0.15) is 0 Å². The summed E-state index contributed by atoms with van der Waals surface area (Å²) in [5, 5.41) is 2.95. The molecule has 1 aromatic carbocycles. The summed E-state index contributed by atoms with van der Waals surface area (Å²) in [7, 11) is 1.69.